The molecule has 0 bridgehead atoms. The summed E-state index contributed by atoms with van der Waals surface area (Å²) in [5.41, 5.74) is 1.86. The fourth-order valence-electron chi connectivity index (χ4n) is 3.31. The molecule has 2 amide bonds. The highest BCUT2D eigenvalue weighted by Crippen LogP contribution is 2.28. The van der Waals surface area contributed by atoms with Gasteiger partial charge in [-0.3, -0.25) is 9.59 Å². The van der Waals surface area contributed by atoms with E-state index in [4.69, 9.17) is 4.74 Å². The number of piperidine rings is 1. The Morgan fingerprint density at radius 2 is 2.04 bits per heavy atom. The third-order valence-corrected chi connectivity index (χ3v) is 4.78. The van der Waals surface area contributed by atoms with E-state index in [-0.39, 0.29) is 24.3 Å². The quantitative estimate of drug-likeness (QED) is 0.860. The van der Waals surface area contributed by atoms with E-state index in [1.165, 1.54) is 6.92 Å². The lowest BCUT2D eigenvalue weighted by molar-refractivity contribution is -0.133. The first-order valence-corrected chi connectivity index (χ1v) is 9.53. The molecule has 1 aromatic carbocycles. The number of nitrogens with one attached hydrogen (secondary N) is 1. The van der Waals surface area contributed by atoms with Crippen molar-refractivity contribution in [1.29, 1.82) is 0 Å². The number of rotatable bonds is 5. The molecule has 1 aromatic heterocycles. The van der Waals surface area contributed by atoms with Crippen LogP contribution >= 0.6 is 0 Å². The van der Waals surface area contributed by atoms with Crippen molar-refractivity contribution in [2.24, 2.45) is 0 Å². The summed E-state index contributed by atoms with van der Waals surface area (Å²) < 4.78 is 5.98. The van der Waals surface area contributed by atoms with Gasteiger partial charge in [0, 0.05) is 37.7 Å². The van der Waals surface area contributed by atoms with Crippen molar-refractivity contribution in [3.05, 3.63) is 47.4 Å². The van der Waals surface area contributed by atoms with Gasteiger partial charge in [-0.25, -0.2) is 4.98 Å². The van der Waals surface area contributed by atoms with Crippen LogP contribution in [0.5, 0.6) is 11.6 Å². The van der Waals surface area contributed by atoms with Crippen molar-refractivity contribution in [3.63, 3.8) is 0 Å². The van der Waals surface area contributed by atoms with Gasteiger partial charge in [-0.15, -0.1) is 0 Å². The zero-order chi connectivity index (χ0) is 20.1. The predicted molar refractivity (Wildman–Crippen MR) is 105 cm³/mol. The Labute approximate surface area is 165 Å². The second-order valence-corrected chi connectivity index (χ2v) is 7.16. The fourth-order valence-corrected chi connectivity index (χ4v) is 3.31. The molecule has 7 nitrogen and oxygen atoms in total. The van der Waals surface area contributed by atoms with Crippen LogP contribution in [0.4, 0.5) is 0 Å². The van der Waals surface area contributed by atoms with Gasteiger partial charge in [0.1, 0.15) is 11.6 Å². The first-order valence-electron chi connectivity index (χ1n) is 9.53. The van der Waals surface area contributed by atoms with Crippen LogP contribution in [0.2, 0.25) is 0 Å². The Bertz CT molecular complexity index is 868. The number of carbonyl (C=O) groups is 2. The molecule has 3 rings (SSSR count). The molecule has 0 unspecified atom stereocenters. The van der Waals surface area contributed by atoms with Gasteiger partial charge in [-0.05, 0) is 38.3 Å². The molecule has 1 fully saturated rings. The fraction of sp³-hybridized carbons (Fsp3) is 0.429. The number of amides is 2. The predicted octanol–water partition coefficient (Wildman–Crippen LogP) is 2.73. The molecular weight excluding hydrogens is 356 g/mol. The van der Waals surface area contributed by atoms with E-state index in [9.17, 15) is 9.59 Å². The number of para-hydroxylation sites is 1. The Balaban J connectivity index is 1.74. The molecular formula is C21H26N4O3. The van der Waals surface area contributed by atoms with Crippen LogP contribution in [-0.2, 0) is 9.59 Å². The Morgan fingerprint density at radius 3 is 2.79 bits per heavy atom. The average molecular weight is 382 g/mol. The molecule has 0 saturated carbocycles. The Kier molecular flexibility index (Phi) is 6.23. The lowest BCUT2D eigenvalue weighted by Gasteiger charge is -2.32. The number of aryl methyl sites for hydroxylation is 2. The normalized spacial score (nSPS) is 16.5. The van der Waals surface area contributed by atoms with Crippen molar-refractivity contribution >= 4 is 11.8 Å². The number of ether oxygens (including phenoxy) is 1. The molecule has 1 aliphatic rings. The number of benzene rings is 1. The lowest BCUT2D eigenvalue weighted by atomic mass is 9.97. The maximum absolute atomic E-state index is 12.3. The molecule has 28 heavy (non-hydrogen) atoms. The molecule has 2 aromatic rings. The van der Waals surface area contributed by atoms with Gasteiger partial charge in [0.15, 0.2) is 0 Å². The van der Waals surface area contributed by atoms with E-state index in [1.807, 2.05) is 44.2 Å². The van der Waals surface area contributed by atoms with Crippen LogP contribution in [0.15, 0.2) is 30.3 Å². The summed E-state index contributed by atoms with van der Waals surface area (Å²) in [4.78, 5) is 34.4. The number of hydrogen-bond acceptors (Lipinski definition) is 5. The molecule has 0 spiro atoms. The maximum atomic E-state index is 12.3. The van der Waals surface area contributed by atoms with Crippen LogP contribution < -0.4 is 10.1 Å². The van der Waals surface area contributed by atoms with Gasteiger partial charge in [-0.1, -0.05) is 18.2 Å². The molecule has 7 heteroatoms. The van der Waals surface area contributed by atoms with Gasteiger partial charge in [0.25, 0.3) is 0 Å². The van der Waals surface area contributed by atoms with E-state index in [2.05, 4.69) is 15.3 Å². The van der Waals surface area contributed by atoms with Crippen LogP contribution in [0, 0.1) is 13.8 Å². The summed E-state index contributed by atoms with van der Waals surface area (Å²) in [7, 11) is 0. The molecule has 2 heterocycles. The summed E-state index contributed by atoms with van der Waals surface area (Å²) in [5.74, 6) is 1.74. The molecule has 1 atom stereocenters. The van der Waals surface area contributed by atoms with E-state index in [0.717, 1.165) is 29.8 Å². The lowest BCUT2D eigenvalue weighted by Crippen LogP contribution is -2.44. The molecule has 1 N–H and O–H groups in total. The SMILES string of the molecule is CC(=O)NCC(=O)N1CCC[C@H](c2nc(C)cc(Oc3ccccc3C)n2)C1. The Hall–Kier alpha value is -2.96. The zero-order valence-electron chi connectivity index (χ0n) is 16.6. The average Bonchev–Trinajstić information content (AvgIpc) is 2.67. The minimum Gasteiger partial charge on any atom is -0.439 e. The number of nitrogens with zero attached hydrogens (tertiary/aromatic N) is 3. The highest BCUT2D eigenvalue weighted by Gasteiger charge is 2.27. The van der Waals surface area contributed by atoms with E-state index in [0.29, 0.717) is 24.8 Å². The summed E-state index contributed by atoms with van der Waals surface area (Å²) in [6.07, 6.45) is 1.79. The zero-order valence-corrected chi connectivity index (χ0v) is 16.6. The summed E-state index contributed by atoms with van der Waals surface area (Å²) in [6, 6.07) is 9.61. The van der Waals surface area contributed by atoms with E-state index < -0.39 is 0 Å². The van der Waals surface area contributed by atoms with Gasteiger partial charge in [-0.2, -0.15) is 4.98 Å². The number of aromatic nitrogens is 2. The van der Waals surface area contributed by atoms with Gasteiger partial charge >= 0.3 is 0 Å². The van der Waals surface area contributed by atoms with Crippen LogP contribution in [0.3, 0.4) is 0 Å². The third kappa shape index (κ3) is 5.06. The van der Waals surface area contributed by atoms with Crippen LogP contribution in [0.1, 0.15) is 42.8 Å². The number of hydrogen-bond donors (Lipinski definition) is 1. The molecule has 1 aliphatic heterocycles. The molecule has 148 valence electrons. The third-order valence-electron chi connectivity index (χ3n) is 4.78. The topological polar surface area (TPSA) is 84.4 Å². The molecule has 1 saturated heterocycles. The maximum Gasteiger partial charge on any atom is 0.241 e. The second kappa shape index (κ2) is 8.82. The highest BCUT2D eigenvalue weighted by atomic mass is 16.5. The van der Waals surface area contributed by atoms with Crippen LogP contribution in [0.25, 0.3) is 0 Å². The first kappa shape index (κ1) is 19.8. The highest BCUT2D eigenvalue weighted by molar-refractivity contribution is 5.83. The number of carbonyl (C=O) groups excluding carboxylic acids is 2. The smallest absolute Gasteiger partial charge is 0.241 e. The number of likely N-dealkylation sites (tertiary alicyclic amines) is 1. The molecule has 0 radical (unpaired) electrons. The monoisotopic (exact) mass is 382 g/mol. The van der Waals surface area contributed by atoms with Crippen LogP contribution in [-0.4, -0.2) is 46.3 Å². The summed E-state index contributed by atoms with van der Waals surface area (Å²) in [5, 5.41) is 2.57. The minimum absolute atomic E-state index is 0.0262. The molecule has 0 aliphatic carbocycles. The van der Waals surface area contributed by atoms with E-state index in [1.54, 1.807) is 4.90 Å². The van der Waals surface area contributed by atoms with Crippen molar-refractivity contribution in [2.45, 2.75) is 39.5 Å². The van der Waals surface area contributed by atoms with Crippen molar-refractivity contribution in [2.75, 3.05) is 19.6 Å². The van der Waals surface area contributed by atoms with E-state index >= 15 is 0 Å². The summed E-state index contributed by atoms with van der Waals surface area (Å²) >= 11 is 0. The van der Waals surface area contributed by atoms with Gasteiger partial charge < -0.3 is 15.0 Å². The second-order valence-electron chi connectivity index (χ2n) is 7.16. The van der Waals surface area contributed by atoms with Gasteiger partial charge in [0.05, 0.1) is 6.54 Å². The standard InChI is InChI=1S/C21H26N4O3/c1-14-7-4-5-9-18(14)28-19-11-15(2)23-21(24-19)17-8-6-10-25(13-17)20(27)12-22-16(3)26/h4-5,7,9,11,17H,6,8,10,12-13H2,1-3H3,(H,22,26)/t17-/m0/s1. The Morgan fingerprint density at radius 1 is 1.25 bits per heavy atom. The minimum atomic E-state index is -0.207. The first-order chi connectivity index (χ1) is 13.4. The van der Waals surface area contributed by atoms with Gasteiger partial charge in [0.2, 0.25) is 17.7 Å². The largest absolute Gasteiger partial charge is 0.439 e. The van der Waals surface area contributed by atoms with Crippen molar-refractivity contribution in [3.8, 4) is 11.6 Å². The van der Waals surface area contributed by atoms with Crippen molar-refractivity contribution in [1.82, 2.24) is 20.2 Å². The summed E-state index contributed by atoms with van der Waals surface area (Å²) in [6.45, 7) is 6.57. The van der Waals surface area contributed by atoms with Crippen molar-refractivity contribution < 1.29 is 14.3 Å².